The minimum Gasteiger partial charge on any atom is -0.395 e. The summed E-state index contributed by atoms with van der Waals surface area (Å²) in [6.45, 7) is 7.41. The lowest BCUT2D eigenvalue weighted by Crippen LogP contribution is -2.40. The smallest absolute Gasteiger partial charge is 0.0601 e. The highest BCUT2D eigenvalue weighted by Gasteiger charge is 2.21. The van der Waals surface area contributed by atoms with E-state index in [0.29, 0.717) is 5.92 Å². The van der Waals surface area contributed by atoms with Gasteiger partial charge in [0.25, 0.3) is 0 Å². The monoisotopic (exact) mass is 312 g/mol. The Hall–Kier alpha value is -0.580. The standard InChI is InChI=1S/C14H21BrN2O/c1-10-6-16-12(9-18)8-17(7-10)13-3-4-14(15)11(2)5-13/h3-5,10,12,16,18H,6-9H2,1-2H3. The van der Waals surface area contributed by atoms with Gasteiger partial charge >= 0.3 is 0 Å². The molecule has 2 N–H and O–H groups in total. The molecule has 1 saturated heterocycles. The summed E-state index contributed by atoms with van der Waals surface area (Å²) in [5.41, 5.74) is 2.49. The first-order valence-corrected chi connectivity index (χ1v) is 7.24. The highest BCUT2D eigenvalue weighted by molar-refractivity contribution is 9.10. The zero-order chi connectivity index (χ0) is 13.1. The maximum absolute atomic E-state index is 9.37. The summed E-state index contributed by atoms with van der Waals surface area (Å²) in [5.74, 6) is 0.588. The molecule has 0 radical (unpaired) electrons. The van der Waals surface area contributed by atoms with Crippen LogP contribution in [0.2, 0.25) is 0 Å². The molecule has 1 fully saturated rings. The van der Waals surface area contributed by atoms with E-state index in [4.69, 9.17) is 0 Å². The Bertz CT molecular complexity index is 411. The molecule has 1 aromatic rings. The number of hydrogen-bond donors (Lipinski definition) is 2. The van der Waals surface area contributed by atoms with Gasteiger partial charge in [-0.25, -0.2) is 0 Å². The van der Waals surface area contributed by atoms with Crippen molar-refractivity contribution in [2.45, 2.75) is 19.9 Å². The first kappa shape index (κ1) is 13.8. The molecule has 1 heterocycles. The van der Waals surface area contributed by atoms with Gasteiger partial charge in [-0.2, -0.15) is 0 Å². The number of rotatable bonds is 2. The molecule has 0 bridgehead atoms. The largest absolute Gasteiger partial charge is 0.395 e. The second kappa shape index (κ2) is 6.04. The molecule has 1 aliphatic heterocycles. The second-order valence-electron chi connectivity index (χ2n) is 5.23. The summed E-state index contributed by atoms with van der Waals surface area (Å²) in [5, 5.41) is 12.8. The van der Waals surface area contributed by atoms with E-state index in [2.05, 4.69) is 58.2 Å². The van der Waals surface area contributed by atoms with Crippen LogP contribution in [0.1, 0.15) is 12.5 Å². The van der Waals surface area contributed by atoms with Gasteiger partial charge in [-0.1, -0.05) is 22.9 Å². The van der Waals surface area contributed by atoms with E-state index in [0.717, 1.165) is 24.1 Å². The molecule has 2 atom stereocenters. The van der Waals surface area contributed by atoms with Gasteiger partial charge in [0.15, 0.2) is 0 Å². The molecule has 100 valence electrons. The highest BCUT2D eigenvalue weighted by atomic mass is 79.9. The molecular formula is C14H21BrN2O. The van der Waals surface area contributed by atoms with Crippen LogP contribution in [0.15, 0.2) is 22.7 Å². The summed E-state index contributed by atoms with van der Waals surface area (Å²) < 4.78 is 1.14. The number of nitrogens with zero attached hydrogens (tertiary/aromatic N) is 1. The van der Waals surface area contributed by atoms with Crippen LogP contribution in [0.5, 0.6) is 0 Å². The van der Waals surface area contributed by atoms with Crippen molar-refractivity contribution in [3.05, 3.63) is 28.2 Å². The predicted octanol–water partition coefficient (Wildman–Crippen LogP) is 2.16. The average Bonchev–Trinajstić information content (AvgIpc) is 2.54. The Balaban J connectivity index is 2.20. The quantitative estimate of drug-likeness (QED) is 0.878. The number of aliphatic hydroxyl groups excluding tert-OH is 1. The number of aryl methyl sites for hydroxylation is 1. The van der Waals surface area contributed by atoms with Crippen molar-refractivity contribution in [3.63, 3.8) is 0 Å². The van der Waals surface area contributed by atoms with Crippen LogP contribution in [0.25, 0.3) is 0 Å². The first-order valence-electron chi connectivity index (χ1n) is 6.45. The topological polar surface area (TPSA) is 35.5 Å². The van der Waals surface area contributed by atoms with Gasteiger partial charge in [-0.15, -0.1) is 0 Å². The first-order chi connectivity index (χ1) is 8.60. The van der Waals surface area contributed by atoms with E-state index >= 15 is 0 Å². The predicted molar refractivity (Wildman–Crippen MR) is 79.1 cm³/mol. The summed E-state index contributed by atoms with van der Waals surface area (Å²) in [6.07, 6.45) is 0. The fraction of sp³-hybridized carbons (Fsp3) is 0.571. The van der Waals surface area contributed by atoms with Crippen LogP contribution < -0.4 is 10.2 Å². The van der Waals surface area contributed by atoms with Gasteiger partial charge in [0.2, 0.25) is 0 Å². The van der Waals surface area contributed by atoms with Gasteiger partial charge in [0.05, 0.1) is 6.61 Å². The Morgan fingerprint density at radius 2 is 2.22 bits per heavy atom. The maximum Gasteiger partial charge on any atom is 0.0601 e. The Kier molecular flexibility index (Phi) is 4.65. The van der Waals surface area contributed by atoms with Crippen molar-refractivity contribution in [3.8, 4) is 0 Å². The molecule has 0 saturated carbocycles. The molecule has 1 aliphatic rings. The van der Waals surface area contributed by atoms with E-state index in [1.165, 1.54) is 11.3 Å². The number of hydrogen-bond acceptors (Lipinski definition) is 3. The molecule has 0 amide bonds. The third-order valence-corrected chi connectivity index (χ3v) is 4.34. The molecule has 2 rings (SSSR count). The van der Waals surface area contributed by atoms with E-state index in [1.807, 2.05) is 0 Å². The van der Waals surface area contributed by atoms with Gasteiger partial charge in [-0.3, -0.25) is 0 Å². The Morgan fingerprint density at radius 3 is 2.89 bits per heavy atom. The number of aliphatic hydroxyl groups is 1. The summed E-state index contributed by atoms with van der Waals surface area (Å²) in [6, 6.07) is 6.61. The minimum absolute atomic E-state index is 0.166. The van der Waals surface area contributed by atoms with Crippen LogP contribution in [0, 0.1) is 12.8 Å². The molecule has 0 aromatic heterocycles. The lowest BCUT2D eigenvalue weighted by Gasteiger charge is -2.27. The van der Waals surface area contributed by atoms with Crippen molar-refractivity contribution in [1.29, 1.82) is 0 Å². The average molecular weight is 313 g/mol. The third kappa shape index (κ3) is 3.25. The number of nitrogens with one attached hydrogen (secondary N) is 1. The fourth-order valence-corrected chi connectivity index (χ4v) is 2.62. The lowest BCUT2D eigenvalue weighted by molar-refractivity contribution is 0.247. The third-order valence-electron chi connectivity index (χ3n) is 3.45. The van der Waals surface area contributed by atoms with Gasteiger partial charge < -0.3 is 15.3 Å². The van der Waals surface area contributed by atoms with Crippen molar-refractivity contribution in [2.24, 2.45) is 5.92 Å². The van der Waals surface area contributed by atoms with Crippen molar-refractivity contribution in [1.82, 2.24) is 5.32 Å². The zero-order valence-corrected chi connectivity index (χ0v) is 12.6. The number of anilines is 1. The van der Waals surface area contributed by atoms with E-state index in [-0.39, 0.29) is 12.6 Å². The lowest BCUT2D eigenvalue weighted by atomic mass is 10.1. The normalized spacial score (nSPS) is 25.0. The van der Waals surface area contributed by atoms with Gasteiger partial charge in [0, 0.05) is 29.3 Å². The summed E-state index contributed by atoms with van der Waals surface area (Å²) >= 11 is 3.54. The van der Waals surface area contributed by atoms with Gasteiger partial charge in [-0.05, 0) is 43.1 Å². The van der Waals surface area contributed by atoms with Crippen LogP contribution in [-0.2, 0) is 0 Å². The molecule has 0 spiro atoms. The van der Waals surface area contributed by atoms with E-state index in [9.17, 15) is 5.11 Å². The zero-order valence-electron chi connectivity index (χ0n) is 11.0. The van der Waals surface area contributed by atoms with Crippen LogP contribution in [-0.4, -0.2) is 37.4 Å². The molecule has 4 heteroatoms. The van der Waals surface area contributed by atoms with Crippen molar-refractivity contribution < 1.29 is 5.11 Å². The van der Waals surface area contributed by atoms with Gasteiger partial charge in [0.1, 0.15) is 0 Å². The maximum atomic E-state index is 9.37. The van der Waals surface area contributed by atoms with Crippen LogP contribution in [0.4, 0.5) is 5.69 Å². The Morgan fingerprint density at radius 1 is 1.44 bits per heavy atom. The molecule has 1 aromatic carbocycles. The second-order valence-corrected chi connectivity index (χ2v) is 6.09. The minimum atomic E-state index is 0.166. The fourth-order valence-electron chi connectivity index (χ4n) is 2.37. The van der Waals surface area contributed by atoms with Crippen LogP contribution >= 0.6 is 15.9 Å². The number of benzene rings is 1. The summed E-state index contributed by atoms with van der Waals surface area (Å²) in [7, 11) is 0. The number of halogens is 1. The van der Waals surface area contributed by atoms with Crippen molar-refractivity contribution in [2.75, 3.05) is 31.1 Å². The molecule has 18 heavy (non-hydrogen) atoms. The Labute approximate surface area is 117 Å². The molecule has 2 unspecified atom stereocenters. The van der Waals surface area contributed by atoms with Crippen molar-refractivity contribution >= 4 is 21.6 Å². The highest BCUT2D eigenvalue weighted by Crippen LogP contribution is 2.24. The summed E-state index contributed by atoms with van der Waals surface area (Å²) in [4.78, 5) is 2.37. The van der Waals surface area contributed by atoms with Crippen LogP contribution in [0.3, 0.4) is 0 Å². The van der Waals surface area contributed by atoms with E-state index in [1.54, 1.807) is 0 Å². The molecular weight excluding hydrogens is 292 g/mol. The SMILES string of the molecule is Cc1cc(N2CC(C)CNC(CO)C2)ccc1Br. The molecule has 3 nitrogen and oxygen atoms in total. The van der Waals surface area contributed by atoms with E-state index < -0.39 is 0 Å². The molecule has 0 aliphatic carbocycles.